The normalized spacial score (nSPS) is 10.5. The molecule has 0 aliphatic heterocycles. The van der Waals surface area contributed by atoms with Crippen LogP contribution in [-0.4, -0.2) is 17.3 Å². The van der Waals surface area contributed by atoms with Gasteiger partial charge in [-0.1, -0.05) is 0 Å². The fourth-order valence-electron chi connectivity index (χ4n) is 0.937. The average molecular weight is 186 g/mol. The van der Waals surface area contributed by atoms with E-state index in [0.717, 1.165) is 0 Å². The summed E-state index contributed by atoms with van der Waals surface area (Å²) >= 11 is 0. The zero-order valence-electron chi connectivity index (χ0n) is 6.71. The minimum absolute atomic E-state index is 0.0972. The number of aromatic nitrogens is 1. The Balaban J connectivity index is 3.12. The van der Waals surface area contributed by atoms with Crippen LogP contribution in [0.3, 0.4) is 0 Å². The number of alkyl halides is 2. The van der Waals surface area contributed by atoms with Crippen LogP contribution in [0.2, 0.25) is 0 Å². The van der Waals surface area contributed by atoms with Crippen LogP contribution in [0, 0.1) is 0 Å². The van der Waals surface area contributed by atoms with E-state index >= 15 is 0 Å². The maximum Gasteiger partial charge on any atom is 0.281 e. The van der Waals surface area contributed by atoms with Gasteiger partial charge in [-0.15, -0.1) is 0 Å². The summed E-state index contributed by atoms with van der Waals surface area (Å²) in [6.45, 7) is -0.286. The van der Waals surface area contributed by atoms with Crippen molar-refractivity contribution in [3.8, 4) is 0 Å². The molecule has 3 nitrogen and oxygen atoms in total. The predicted molar refractivity (Wildman–Crippen MR) is 42.6 cm³/mol. The van der Waals surface area contributed by atoms with E-state index in [1.54, 1.807) is 0 Å². The maximum absolute atomic E-state index is 12.3. The zero-order valence-corrected chi connectivity index (χ0v) is 6.71. The second kappa shape index (κ2) is 4.04. The van der Waals surface area contributed by atoms with Gasteiger partial charge in [0.2, 0.25) is 0 Å². The molecule has 0 aromatic carbocycles. The predicted octanol–water partition coefficient (Wildman–Crippen LogP) is 1.16. The molecule has 0 spiro atoms. The number of ketones is 1. The van der Waals surface area contributed by atoms with Crippen LogP contribution >= 0.6 is 0 Å². The van der Waals surface area contributed by atoms with Gasteiger partial charge in [-0.3, -0.25) is 9.78 Å². The van der Waals surface area contributed by atoms with E-state index in [2.05, 4.69) is 4.98 Å². The van der Waals surface area contributed by atoms with Gasteiger partial charge < -0.3 is 5.73 Å². The minimum Gasteiger partial charge on any atom is -0.324 e. The molecule has 1 rings (SSSR count). The SMILES string of the molecule is NCC(=O)c1cccnc1C(F)F. The average Bonchev–Trinajstić information content (AvgIpc) is 2.16. The minimum atomic E-state index is -2.74. The number of hydrogen-bond acceptors (Lipinski definition) is 3. The summed E-state index contributed by atoms with van der Waals surface area (Å²) in [5.74, 6) is -0.525. The number of nitrogens with zero attached hydrogens (tertiary/aromatic N) is 1. The first-order chi connectivity index (χ1) is 6.16. The fraction of sp³-hybridized carbons (Fsp3) is 0.250. The van der Waals surface area contributed by atoms with Gasteiger partial charge in [0, 0.05) is 11.8 Å². The third-order valence-electron chi connectivity index (χ3n) is 1.53. The second-order valence-corrected chi connectivity index (χ2v) is 2.36. The fourth-order valence-corrected chi connectivity index (χ4v) is 0.937. The lowest BCUT2D eigenvalue weighted by molar-refractivity contribution is 0.0984. The highest BCUT2D eigenvalue weighted by Gasteiger charge is 2.17. The lowest BCUT2D eigenvalue weighted by atomic mass is 10.1. The van der Waals surface area contributed by atoms with E-state index in [-0.39, 0.29) is 12.1 Å². The van der Waals surface area contributed by atoms with Crippen molar-refractivity contribution < 1.29 is 13.6 Å². The van der Waals surface area contributed by atoms with Crippen LogP contribution in [0.1, 0.15) is 22.5 Å². The standard InChI is InChI=1S/C8H8F2N2O/c9-8(10)7-5(6(13)4-11)2-1-3-12-7/h1-3,8H,4,11H2. The molecule has 1 aromatic rings. The van der Waals surface area contributed by atoms with Crippen LogP contribution in [0.5, 0.6) is 0 Å². The van der Waals surface area contributed by atoms with Crippen LogP contribution in [-0.2, 0) is 0 Å². The van der Waals surface area contributed by atoms with Gasteiger partial charge in [0.25, 0.3) is 6.43 Å². The third-order valence-corrected chi connectivity index (χ3v) is 1.53. The van der Waals surface area contributed by atoms with Crippen molar-refractivity contribution in [3.05, 3.63) is 29.6 Å². The molecule has 0 saturated carbocycles. The highest BCUT2D eigenvalue weighted by atomic mass is 19.3. The number of rotatable bonds is 3. The number of pyridine rings is 1. The van der Waals surface area contributed by atoms with E-state index in [1.807, 2.05) is 0 Å². The van der Waals surface area contributed by atoms with Crippen LogP contribution < -0.4 is 5.73 Å². The summed E-state index contributed by atoms with van der Waals surface area (Å²) < 4.78 is 24.5. The van der Waals surface area contributed by atoms with Crippen molar-refractivity contribution >= 4 is 5.78 Å². The molecule has 0 amide bonds. The molecule has 1 aromatic heterocycles. The topological polar surface area (TPSA) is 56.0 Å². The summed E-state index contributed by atoms with van der Waals surface area (Å²) in [6.07, 6.45) is -1.53. The Morgan fingerprint density at radius 3 is 2.85 bits per heavy atom. The molecule has 1 heterocycles. The largest absolute Gasteiger partial charge is 0.324 e. The number of Topliss-reactive ketones (excluding diaryl/α,β-unsaturated/α-hetero) is 1. The number of carbonyl (C=O) groups excluding carboxylic acids is 1. The molecule has 0 atom stereocenters. The molecular weight excluding hydrogens is 178 g/mol. The molecule has 70 valence electrons. The molecule has 0 aliphatic carbocycles. The number of halogens is 2. The number of nitrogens with two attached hydrogens (primary N) is 1. The van der Waals surface area contributed by atoms with Gasteiger partial charge >= 0.3 is 0 Å². The van der Waals surface area contributed by atoms with Gasteiger partial charge in [-0.25, -0.2) is 8.78 Å². The quantitative estimate of drug-likeness (QED) is 0.720. The smallest absolute Gasteiger partial charge is 0.281 e. The van der Waals surface area contributed by atoms with E-state index in [0.29, 0.717) is 0 Å². The highest BCUT2D eigenvalue weighted by molar-refractivity contribution is 5.98. The lowest BCUT2D eigenvalue weighted by Gasteiger charge is -2.04. The molecule has 0 fully saturated rings. The lowest BCUT2D eigenvalue weighted by Crippen LogP contribution is -2.16. The third kappa shape index (κ3) is 2.06. The summed E-state index contributed by atoms with van der Waals surface area (Å²) in [5, 5.41) is 0. The summed E-state index contributed by atoms with van der Waals surface area (Å²) in [5.41, 5.74) is 4.45. The Labute approximate surface area is 73.6 Å². The molecule has 0 bridgehead atoms. The molecular formula is C8H8F2N2O. The molecule has 0 unspecified atom stereocenters. The Hall–Kier alpha value is -1.36. The van der Waals surface area contributed by atoms with Gasteiger partial charge in [0.1, 0.15) is 5.69 Å². The monoisotopic (exact) mass is 186 g/mol. The summed E-state index contributed by atoms with van der Waals surface area (Å²) in [4.78, 5) is 14.5. The van der Waals surface area contributed by atoms with Crippen molar-refractivity contribution in [1.29, 1.82) is 0 Å². The molecule has 0 radical (unpaired) electrons. The highest BCUT2D eigenvalue weighted by Crippen LogP contribution is 2.19. The molecule has 0 saturated heterocycles. The Kier molecular flexibility index (Phi) is 3.02. The van der Waals surface area contributed by atoms with Crippen LogP contribution in [0.15, 0.2) is 18.3 Å². The van der Waals surface area contributed by atoms with Crippen molar-refractivity contribution in [2.75, 3.05) is 6.54 Å². The van der Waals surface area contributed by atoms with Crippen LogP contribution in [0.4, 0.5) is 8.78 Å². The van der Waals surface area contributed by atoms with Gasteiger partial charge in [-0.05, 0) is 12.1 Å². The first-order valence-corrected chi connectivity index (χ1v) is 3.63. The first kappa shape index (κ1) is 9.73. The summed E-state index contributed by atoms with van der Waals surface area (Å²) in [7, 11) is 0. The molecule has 0 aliphatic rings. The van der Waals surface area contributed by atoms with E-state index in [4.69, 9.17) is 5.73 Å². The Morgan fingerprint density at radius 1 is 1.62 bits per heavy atom. The number of carbonyl (C=O) groups is 1. The Morgan fingerprint density at radius 2 is 2.31 bits per heavy atom. The summed E-state index contributed by atoms with van der Waals surface area (Å²) in [6, 6.07) is 2.72. The molecule has 2 N–H and O–H groups in total. The Bertz CT molecular complexity index is 315. The molecule has 5 heteroatoms. The van der Waals surface area contributed by atoms with Crippen molar-refractivity contribution in [2.45, 2.75) is 6.43 Å². The van der Waals surface area contributed by atoms with E-state index in [1.165, 1.54) is 18.3 Å². The van der Waals surface area contributed by atoms with E-state index in [9.17, 15) is 13.6 Å². The maximum atomic E-state index is 12.3. The second-order valence-electron chi connectivity index (χ2n) is 2.36. The van der Waals surface area contributed by atoms with Crippen molar-refractivity contribution in [1.82, 2.24) is 4.98 Å². The van der Waals surface area contributed by atoms with E-state index < -0.39 is 17.9 Å². The first-order valence-electron chi connectivity index (χ1n) is 3.63. The van der Waals surface area contributed by atoms with Gasteiger partial charge in [0.05, 0.1) is 6.54 Å². The number of hydrogen-bond donors (Lipinski definition) is 1. The van der Waals surface area contributed by atoms with Crippen LogP contribution in [0.25, 0.3) is 0 Å². The molecule has 13 heavy (non-hydrogen) atoms. The van der Waals surface area contributed by atoms with Crippen molar-refractivity contribution in [3.63, 3.8) is 0 Å². The van der Waals surface area contributed by atoms with Gasteiger partial charge in [0.15, 0.2) is 5.78 Å². The van der Waals surface area contributed by atoms with Gasteiger partial charge in [-0.2, -0.15) is 0 Å². The van der Waals surface area contributed by atoms with Crippen molar-refractivity contribution in [2.24, 2.45) is 5.73 Å². The zero-order chi connectivity index (χ0) is 9.84.